The maximum absolute atomic E-state index is 12.1. The Morgan fingerprint density at radius 3 is 3.20 bits per heavy atom. The number of nitrogens with one attached hydrogen (secondary N) is 1. The third kappa shape index (κ3) is 2.80. The van der Waals surface area contributed by atoms with Crippen LogP contribution in [0.2, 0.25) is 0 Å². The summed E-state index contributed by atoms with van der Waals surface area (Å²) in [6.07, 6.45) is 8.79. The third-order valence-corrected chi connectivity index (χ3v) is 3.67. The van der Waals surface area contributed by atoms with Crippen molar-refractivity contribution in [2.24, 2.45) is 4.99 Å². The van der Waals surface area contributed by atoms with Crippen molar-refractivity contribution in [1.82, 2.24) is 15.2 Å². The summed E-state index contributed by atoms with van der Waals surface area (Å²) < 4.78 is 0. The second-order valence-corrected chi connectivity index (χ2v) is 5.06. The molecule has 0 atom stereocenters. The van der Waals surface area contributed by atoms with E-state index in [4.69, 9.17) is 0 Å². The number of nitrogens with zero attached hydrogens (tertiary/aromatic N) is 3. The number of carbonyl (C=O) groups excluding carboxylic acids is 1. The molecule has 3 heterocycles. The van der Waals surface area contributed by atoms with Crippen LogP contribution in [0.25, 0.3) is 0 Å². The highest BCUT2D eigenvalue weighted by atomic mass is 32.2. The predicted octanol–water partition coefficient (Wildman–Crippen LogP) is 1.98. The minimum Gasteiger partial charge on any atom is -0.346 e. The fourth-order valence-corrected chi connectivity index (χ4v) is 2.55. The first-order valence-corrected chi connectivity index (χ1v) is 6.96. The number of fused-ring (bicyclic) bond motifs is 1. The van der Waals surface area contributed by atoms with Crippen LogP contribution in [0, 0.1) is 0 Å². The number of pyridine rings is 1. The van der Waals surface area contributed by atoms with Gasteiger partial charge in [-0.05, 0) is 18.2 Å². The lowest BCUT2D eigenvalue weighted by Crippen LogP contribution is -2.27. The van der Waals surface area contributed by atoms with Gasteiger partial charge in [0.2, 0.25) is 0 Å². The summed E-state index contributed by atoms with van der Waals surface area (Å²) in [5.74, 6) is -0.112. The molecule has 5 nitrogen and oxygen atoms in total. The van der Waals surface area contributed by atoms with Gasteiger partial charge in [-0.15, -0.1) is 0 Å². The normalized spacial score (nSPS) is 16.3. The third-order valence-electron chi connectivity index (χ3n) is 2.76. The summed E-state index contributed by atoms with van der Waals surface area (Å²) in [5, 5.41) is 4.78. The van der Waals surface area contributed by atoms with Crippen LogP contribution in [0.1, 0.15) is 5.69 Å². The molecule has 0 aromatic carbocycles. The van der Waals surface area contributed by atoms with Gasteiger partial charge in [-0.25, -0.2) is 4.99 Å². The van der Waals surface area contributed by atoms with Crippen molar-refractivity contribution < 1.29 is 4.79 Å². The van der Waals surface area contributed by atoms with Crippen molar-refractivity contribution in [3.8, 4) is 0 Å². The molecular formula is C14H12N4OS. The van der Waals surface area contributed by atoms with Gasteiger partial charge in [0.1, 0.15) is 0 Å². The zero-order valence-electron chi connectivity index (χ0n) is 10.6. The van der Waals surface area contributed by atoms with E-state index in [9.17, 15) is 4.79 Å². The van der Waals surface area contributed by atoms with Gasteiger partial charge in [0.15, 0.2) is 0 Å². The molecule has 20 heavy (non-hydrogen) atoms. The first-order chi connectivity index (χ1) is 9.83. The highest BCUT2D eigenvalue weighted by Crippen LogP contribution is 2.28. The molecule has 1 N–H and O–H groups in total. The van der Waals surface area contributed by atoms with Crippen molar-refractivity contribution >= 4 is 24.0 Å². The Morgan fingerprint density at radius 2 is 2.35 bits per heavy atom. The van der Waals surface area contributed by atoms with Crippen molar-refractivity contribution in [2.45, 2.75) is 6.54 Å². The summed E-state index contributed by atoms with van der Waals surface area (Å²) in [4.78, 5) is 22.8. The van der Waals surface area contributed by atoms with Gasteiger partial charge in [0, 0.05) is 24.0 Å². The number of carbonyl (C=O) groups is 1. The van der Waals surface area contributed by atoms with Gasteiger partial charge in [0.05, 0.1) is 29.2 Å². The summed E-state index contributed by atoms with van der Waals surface area (Å²) >= 11 is 1.40. The molecule has 100 valence electrons. The van der Waals surface area contributed by atoms with Gasteiger partial charge >= 0.3 is 0 Å². The molecule has 3 rings (SSSR count). The number of allylic oxidation sites excluding steroid dienone is 1. The lowest BCUT2D eigenvalue weighted by Gasteiger charge is -2.23. The average molecular weight is 284 g/mol. The average Bonchev–Trinajstić information content (AvgIpc) is 2.53. The number of thioether (sulfide) groups is 1. The Balaban J connectivity index is 1.62. The van der Waals surface area contributed by atoms with E-state index < -0.39 is 0 Å². The standard InChI is InChI=1S/C14H12N4OS/c19-14(17-7-11-3-1-2-5-16-11)13-8-18-10-15-6-4-12(18)9-20-13/h1-6,8-10H,7H2,(H,17,19). The summed E-state index contributed by atoms with van der Waals surface area (Å²) in [6, 6.07) is 5.62. The fraction of sp³-hybridized carbons (Fsp3) is 0.0714. The molecule has 1 aromatic heterocycles. The predicted molar refractivity (Wildman–Crippen MR) is 79.3 cm³/mol. The van der Waals surface area contributed by atoms with Gasteiger partial charge in [-0.2, -0.15) is 0 Å². The molecule has 0 saturated heterocycles. The molecular weight excluding hydrogens is 272 g/mol. The minimum atomic E-state index is -0.112. The zero-order valence-corrected chi connectivity index (χ0v) is 11.4. The van der Waals surface area contributed by atoms with Crippen molar-refractivity contribution in [3.05, 3.63) is 64.6 Å². The van der Waals surface area contributed by atoms with Crippen LogP contribution < -0.4 is 5.32 Å². The molecule has 2 aliphatic rings. The summed E-state index contributed by atoms with van der Waals surface area (Å²) in [7, 11) is 0. The van der Waals surface area contributed by atoms with E-state index in [1.165, 1.54) is 11.8 Å². The molecule has 1 aromatic rings. The maximum Gasteiger partial charge on any atom is 0.259 e. The molecule has 0 aliphatic carbocycles. The van der Waals surface area contributed by atoms with Crippen molar-refractivity contribution in [1.29, 1.82) is 0 Å². The van der Waals surface area contributed by atoms with Crippen LogP contribution in [-0.2, 0) is 11.3 Å². The van der Waals surface area contributed by atoms with Gasteiger partial charge in [0.25, 0.3) is 5.91 Å². The molecule has 0 bridgehead atoms. The number of hydrogen-bond acceptors (Lipinski definition) is 5. The molecule has 0 unspecified atom stereocenters. The Hall–Kier alpha value is -2.34. The van der Waals surface area contributed by atoms with E-state index in [-0.39, 0.29) is 5.91 Å². The Bertz CT molecular complexity index is 634. The molecule has 0 radical (unpaired) electrons. The van der Waals surface area contributed by atoms with Crippen molar-refractivity contribution in [2.75, 3.05) is 0 Å². The van der Waals surface area contributed by atoms with Crippen LogP contribution >= 0.6 is 11.8 Å². The molecule has 2 aliphatic heterocycles. The molecule has 1 amide bonds. The van der Waals surface area contributed by atoms with Crippen LogP contribution in [0.4, 0.5) is 0 Å². The molecule has 6 heteroatoms. The maximum atomic E-state index is 12.1. The quantitative estimate of drug-likeness (QED) is 0.922. The molecule has 0 saturated carbocycles. The van der Waals surface area contributed by atoms with E-state index in [2.05, 4.69) is 15.3 Å². The number of aliphatic imine (C=N–C) groups is 1. The Labute approximate surface area is 120 Å². The monoisotopic (exact) mass is 284 g/mol. The molecule has 0 fully saturated rings. The van der Waals surface area contributed by atoms with E-state index in [1.807, 2.05) is 34.6 Å². The van der Waals surface area contributed by atoms with Gasteiger partial charge in [-0.1, -0.05) is 17.8 Å². The highest BCUT2D eigenvalue weighted by molar-refractivity contribution is 8.06. The summed E-state index contributed by atoms with van der Waals surface area (Å²) in [5.41, 5.74) is 1.84. The van der Waals surface area contributed by atoms with E-state index in [0.29, 0.717) is 11.4 Å². The Kier molecular flexibility index (Phi) is 3.64. The summed E-state index contributed by atoms with van der Waals surface area (Å²) in [6.45, 7) is 0.419. The smallest absolute Gasteiger partial charge is 0.259 e. The van der Waals surface area contributed by atoms with Gasteiger partial charge in [-0.3, -0.25) is 9.78 Å². The Morgan fingerprint density at radius 1 is 1.40 bits per heavy atom. The van der Waals surface area contributed by atoms with Gasteiger partial charge < -0.3 is 10.2 Å². The van der Waals surface area contributed by atoms with Crippen LogP contribution in [0.5, 0.6) is 0 Å². The van der Waals surface area contributed by atoms with Crippen LogP contribution in [0.3, 0.4) is 0 Å². The number of rotatable bonds is 3. The van der Waals surface area contributed by atoms with Crippen LogP contribution in [-0.4, -0.2) is 22.1 Å². The molecule has 0 spiro atoms. The van der Waals surface area contributed by atoms with E-state index in [0.717, 1.165) is 11.4 Å². The second-order valence-electron chi connectivity index (χ2n) is 4.15. The van der Waals surface area contributed by atoms with E-state index >= 15 is 0 Å². The van der Waals surface area contributed by atoms with Crippen LogP contribution in [0.15, 0.2) is 63.9 Å². The zero-order chi connectivity index (χ0) is 13.8. The minimum absolute atomic E-state index is 0.112. The fourth-order valence-electron chi connectivity index (χ4n) is 1.74. The first kappa shape index (κ1) is 12.7. The lowest BCUT2D eigenvalue weighted by molar-refractivity contribution is -0.117. The topological polar surface area (TPSA) is 57.6 Å². The highest BCUT2D eigenvalue weighted by Gasteiger charge is 2.17. The van der Waals surface area contributed by atoms with E-state index in [1.54, 1.807) is 24.9 Å². The second kappa shape index (κ2) is 5.75. The van der Waals surface area contributed by atoms with Crippen molar-refractivity contribution in [3.63, 3.8) is 0 Å². The number of amides is 1. The largest absolute Gasteiger partial charge is 0.346 e. The first-order valence-electron chi connectivity index (χ1n) is 6.08. The lowest BCUT2D eigenvalue weighted by atomic mass is 10.3. The number of hydrogen-bond donors (Lipinski definition) is 1. The SMILES string of the molecule is O=C(NCc1ccccn1)C1=CN2C=NC=CC2=CS1. The number of aromatic nitrogens is 1.